The zero-order chi connectivity index (χ0) is 21.4. The molecule has 9 heteroatoms. The predicted octanol–water partition coefficient (Wildman–Crippen LogP) is 2.21. The van der Waals surface area contributed by atoms with Crippen molar-refractivity contribution in [3.63, 3.8) is 0 Å². The molecule has 29 heavy (non-hydrogen) atoms. The van der Waals surface area contributed by atoms with Gasteiger partial charge in [0.2, 0.25) is 10.0 Å². The van der Waals surface area contributed by atoms with Crippen LogP contribution in [0.1, 0.15) is 12.5 Å². The van der Waals surface area contributed by atoms with Crippen LogP contribution in [0.2, 0.25) is 0 Å². The molecule has 0 heterocycles. The van der Waals surface area contributed by atoms with Crippen LogP contribution in [0.5, 0.6) is 5.75 Å². The molecule has 1 atom stereocenters. The van der Waals surface area contributed by atoms with Gasteiger partial charge in [0.15, 0.2) is 17.5 Å². The number of aliphatic imine (C=N–C) groups is 1. The van der Waals surface area contributed by atoms with Gasteiger partial charge in [0.25, 0.3) is 0 Å². The van der Waals surface area contributed by atoms with Crippen LogP contribution in [0, 0.1) is 5.82 Å². The van der Waals surface area contributed by atoms with E-state index >= 15 is 0 Å². The van der Waals surface area contributed by atoms with Crippen LogP contribution in [0.25, 0.3) is 0 Å². The maximum absolute atomic E-state index is 13.7. The highest BCUT2D eigenvalue weighted by molar-refractivity contribution is 7.89. The number of nitrogens with zero attached hydrogens (tertiary/aromatic N) is 2. The third kappa shape index (κ3) is 6.16. The number of hydrogen-bond acceptors (Lipinski definition) is 4. The van der Waals surface area contributed by atoms with Crippen molar-refractivity contribution in [1.29, 1.82) is 0 Å². The first-order valence-electron chi connectivity index (χ1n) is 9.12. The molecule has 0 bridgehead atoms. The highest BCUT2D eigenvalue weighted by Crippen LogP contribution is 2.18. The average molecular weight is 423 g/mol. The van der Waals surface area contributed by atoms with Gasteiger partial charge >= 0.3 is 0 Å². The molecule has 0 saturated carbocycles. The fourth-order valence-electron chi connectivity index (χ4n) is 2.54. The Hall–Kier alpha value is -2.65. The fraction of sp³-hybridized carbons (Fsp3) is 0.350. The molecule has 2 aromatic rings. The van der Waals surface area contributed by atoms with Crippen molar-refractivity contribution in [3.05, 3.63) is 59.9 Å². The van der Waals surface area contributed by atoms with E-state index in [2.05, 4.69) is 15.6 Å². The Bertz CT molecular complexity index is 948. The predicted molar refractivity (Wildman–Crippen MR) is 112 cm³/mol. The Labute approximate surface area is 171 Å². The minimum atomic E-state index is -3.55. The number of halogens is 1. The van der Waals surface area contributed by atoms with Crippen molar-refractivity contribution < 1.29 is 17.5 Å². The molecule has 2 N–H and O–H groups in total. The number of rotatable bonds is 8. The molecule has 1 unspecified atom stereocenters. The van der Waals surface area contributed by atoms with E-state index < -0.39 is 15.8 Å². The maximum Gasteiger partial charge on any atom is 0.242 e. The van der Waals surface area contributed by atoms with Crippen LogP contribution in [0.3, 0.4) is 0 Å². The van der Waals surface area contributed by atoms with Gasteiger partial charge in [0.05, 0.1) is 11.4 Å². The second kappa shape index (κ2) is 10.2. The molecular weight excluding hydrogens is 395 g/mol. The average Bonchev–Trinajstić information content (AvgIpc) is 2.70. The summed E-state index contributed by atoms with van der Waals surface area (Å²) >= 11 is 0. The summed E-state index contributed by atoms with van der Waals surface area (Å²) in [6.45, 7) is 2.46. The Morgan fingerprint density at radius 2 is 1.79 bits per heavy atom. The van der Waals surface area contributed by atoms with E-state index in [0.29, 0.717) is 18.1 Å². The minimum absolute atomic E-state index is 0.188. The normalized spacial score (nSPS) is 13.2. The van der Waals surface area contributed by atoms with E-state index in [1.807, 2.05) is 6.92 Å². The van der Waals surface area contributed by atoms with Gasteiger partial charge in [-0.1, -0.05) is 30.3 Å². The second-order valence-electron chi connectivity index (χ2n) is 6.56. The lowest BCUT2D eigenvalue weighted by atomic mass is 10.2. The van der Waals surface area contributed by atoms with Crippen LogP contribution in [0.4, 0.5) is 4.39 Å². The van der Waals surface area contributed by atoms with Gasteiger partial charge in [-0.05, 0) is 30.7 Å². The smallest absolute Gasteiger partial charge is 0.242 e. The molecule has 0 aliphatic rings. The molecule has 0 aromatic heterocycles. The lowest BCUT2D eigenvalue weighted by Gasteiger charge is -2.19. The van der Waals surface area contributed by atoms with Crippen molar-refractivity contribution in [2.45, 2.75) is 24.5 Å². The Kier molecular flexibility index (Phi) is 7.98. The van der Waals surface area contributed by atoms with E-state index in [-0.39, 0.29) is 23.3 Å². The van der Waals surface area contributed by atoms with Gasteiger partial charge in [-0.2, -0.15) is 0 Å². The van der Waals surface area contributed by atoms with Crippen LogP contribution >= 0.6 is 0 Å². The summed E-state index contributed by atoms with van der Waals surface area (Å²) in [7, 11) is 1.06. The number of benzene rings is 2. The summed E-state index contributed by atoms with van der Waals surface area (Å²) in [6, 6.07) is 13.0. The molecule has 2 aromatic carbocycles. The number of ether oxygens (including phenoxy) is 1. The van der Waals surface area contributed by atoms with E-state index in [9.17, 15) is 12.8 Å². The fourth-order valence-corrected chi connectivity index (χ4v) is 3.65. The van der Waals surface area contributed by atoms with Crippen molar-refractivity contribution in [2.75, 3.05) is 27.7 Å². The quantitative estimate of drug-likeness (QED) is 0.503. The topological polar surface area (TPSA) is 83.0 Å². The third-order valence-corrected chi connectivity index (χ3v) is 6.04. The second-order valence-corrected chi connectivity index (χ2v) is 8.68. The van der Waals surface area contributed by atoms with Gasteiger partial charge in [0, 0.05) is 27.7 Å². The van der Waals surface area contributed by atoms with Crippen LogP contribution in [0.15, 0.2) is 58.4 Å². The zero-order valence-corrected chi connectivity index (χ0v) is 17.8. The standard InChI is InChI=1S/C20H27FN4O3S/c1-15(28-18-11-7-6-10-17(18)21)13-23-20(22-2)24-14-16-9-5-8-12-19(16)29(26,27)25(3)4/h5-12,15H,13-14H2,1-4H3,(H2,22,23,24). The zero-order valence-electron chi connectivity index (χ0n) is 17.0. The number of guanidine groups is 1. The Morgan fingerprint density at radius 3 is 2.45 bits per heavy atom. The molecule has 0 radical (unpaired) electrons. The minimum Gasteiger partial charge on any atom is -0.486 e. The van der Waals surface area contributed by atoms with Gasteiger partial charge in [0.1, 0.15) is 6.10 Å². The number of nitrogens with one attached hydrogen (secondary N) is 2. The summed E-state index contributed by atoms with van der Waals surface area (Å²) in [5.41, 5.74) is 0.625. The largest absolute Gasteiger partial charge is 0.486 e. The molecule has 158 valence electrons. The molecule has 7 nitrogen and oxygen atoms in total. The molecule has 0 amide bonds. The van der Waals surface area contributed by atoms with E-state index in [1.165, 1.54) is 24.5 Å². The molecule has 0 spiro atoms. The van der Waals surface area contributed by atoms with E-state index in [0.717, 1.165) is 0 Å². The highest BCUT2D eigenvalue weighted by atomic mass is 32.2. The molecule has 0 aliphatic carbocycles. The van der Waals surface area contributed by atoms with Crippen molar-refractivity contribution >= 4 is 16.0 Å². The molecule has 0 saturated heterocycles. The Morgan fingerprint density at radius 1 is 1.14 bits per heavy atom. The molecular formula is C20H27FN4O3S. The SMILES string of the molecule is CN=C(NCc1ccccc1S(=O)(=O)N(C)C)NCC(C)Oc1ccccc1F. The lowest BCUT2D eigenvalue weighted by molar-refractivity contribution is 0.214. The summed E-state index contributed by atoms with van der Waals surface area (Å²) in [5.74, 6) is 0.249. The maximum atomic E-state index is 13.7. The molecule has 0 aliphatic heterocycles. The van der Waals surface area contributed by atoms with Gasteiger partial charge < -0.3 is 15.4 Å². The Balaban J connectivity index is 1.96. The first-order valence-corrected chi connectivity index (χ1v) is 10.6. The summed E-state index contributed by atoms with van der Waals surface area (Å²) in [5, 5.41) is 6.19. The summed E-state index contributed by atoms with van der Waals surface area (Å²) < 4.78 is 45.4. The summed E-state index contributed by atoms with van der Waals surface area (Å²) in [6.07, 6.45) is -0.313. The highest BCUT2D eigenvalue weighted by Gasteiger charge is 2.20. The van der Waals surface area contributed by atoms with Crippen molar-refractivity contribution in [3.8, 4) is 5.75 Å². The number of hydrogen-bond donors (Lipinski definition) is 2. The third-order valence-electron chi connectivity index (χ3n) is 4.12. The van der Waals surface area contributed by atoms with Crippen LogP contribution < -0.4 is 15.4 Å². The van der Waals surface area contributed by atoms with E-state index in [4.69, 9.17) is 4.74 Å². The lowest BCUT2D eigenvalue weighted by Crippen LogP contribution is -2.41. The van der Waals surface area contributed by atoms with Crippen LogP contribution in [-0.2, 0) is 16.6 Å². The van der Waals surface area contributed by atoms with Gasteiger partial charge in [-0.15, -0.1) is 0 Å². The molecule has 2 rings (SSSR count). The van der Waals surface area contributed by atoms with E-state index in [1.54, 1.807) is 49.5 Å². The monoisotopic (exact) mass is 422 g/mol. The van der Waals surface area contributed by atoms with Gasteiger partial charge in [-0.3, -0.25) is 4.99 Å². The van der Waals surface area contributed by atoms with Crippen LogP contribution in [-0.4, -0.2) is 52.5 Å². The van der Waals surface area contributed by atoms with Crippen molar-refractivity contribution in [1.82, 2.24) is 14.9 Å². The molecule has 0 fully saturated rings. The number of para-hydroxylation sites is 1. The summed E-state index contributed by atoms with van der Waals surface area (Å²) in [4.78, 5) is 4.37. The van der Waals surface area contributed by atoms with Gasteiger partial charge in [-0.25, -0.2) is 17.1 Å². The number of sulfonamides is 1. The first kappa shape index (κ1) is 22.6. The van der Waals surface area contributed by atoms with Crippen molar-refractivity contribution in [2.24, 2.45) is 4.99 Å². The first-order chi connectivity index (χ1) is 13.8.